The number of rotatable bonds is 3. The Morgan fingerprint density at radius 3 is 2.78 bits per heavy atom. The number of imidazole rings is 1. The summed E-state index contributed by atoms with van der Waals surface area (Å²) in [7, 11) is 0. The highest BCUT2D eigenvalue weighted by Crippen LogP contribution is 2.22. The fraction of sp³-hybridized carbons (Fsp3) is 0.333. The first kappa shape index (κ1) is 14.2. The van der Waals surface area contributed by atoms with Gasteiger partial charge in [-0.15, -0.1) is 0 Å². The molecule has 3 heterocycles. The van der Waals surface area contributed by atoms with E-state index in [1.807, 2.05) is 36.5 Å². The molecule has 0 unspecified atom stereocenters. The molecule has 1 aliphatic heterocycles. The van der Waals surface area contributed by atoms with E-state index in [9.17, 15) is 0 Å². The number of hydrogen-bond donors (Lipinski definition) is 0. The summed E-state index contributed by atoms with van der Waals surface area (Å²) < 4.78 is 8.23. The van der Waals surface area contributed by atoms with Crippen LogP contribution in [0.25, 0.3) is 11.3 Å². The van der Waals surface area contributed by atoms with E-state index >= 15 is 0 Å². The van der Waals surface area contributed by atoms with E-state index in [4.69, 9.17) is 4.42 Å². The van der Waals surface area contributed by atoms with Gasteiger partial charge in [-0.3, -0.25) is 4.90 Å². The minimum atomic E-state index is 0.720. The summed E-state index contributed by atoms with van der Waals surface area (Å²) in [5.74, 6) is 2.73. The monoisotopic (exact) mass is 308 g/mol. The third kappa shape index (κ3) is 2.68. The van der Waals surface area contributed by atoms with Gasteiger partial charge in [0.25, 0.3) is 0 Å². The predicted octanol–water partition coefficient (Wildman–Crippen LogP) is 3.17. The van der Waals surface area contributed by atoms with Gasteiger partial charge in [-0.05, 0) is 13.8 Å². The van der Waals surface area contributed by atoms with Gasteiger partial charge in [0, 0.05) is 24.3 Å². The largest absolute Gasteiger partial charge is 0.439 e. The zero-order chi connectivity index (χ0) is 15.8. The number of nitrogens with zero attached hydrogens (tertiary/aromatic N) is 4. The Morgan fingerprint density at radius 2 is 1.96 bits per heavy atom. The van der Waals surface area contributed by atoms with Crippen LogP contribution in [0, 0.1) is 13.8 Å². The van der Waals surface area contributed by atoms with Crippen molar-refractivity contribution in [1.29, 1.82) is 0 Å². The summed E-state index contributed by atoms with van der Waals surface area (Å²) in [4.78, 5) is 11.4. The van der Waals surface area contributed by atoms with Gasteiger partial charge in [0.15, 0.2) is 5.76 Å². The maximum atomic E-state index is 5.91. The van der Waals surface area contributed by atoms with Gasteiger partial charge in [0.05, 0.1) is 25.0 Å². The first-order valence-corrected chi connectivity index (χ1v) is 7.96. The molecule has 1 aromatic carbocycles. The van der Waals surface area contributed by atoms with Gasteiger partial charge in [-0.2, -0.15) is 0 Å². The molecule has 0 atom stereocenters. The van der Waals surface area contributed by atoms with E-state index in [-0.39, 0.29) is 0 Å². The van der Waals surface area contributed by atoms with Crippen LogP contribution in [0.4, 0.5) is 0 Å². The lowest BCUT2D eigenvalue weighted by Gasteiger charge is -2.26. The minimum absolute atomic E-state index is 0.720. The molecule has 0 spiro atoms. The first-order valence-electron chi connectivity index (χ1n) is 7.96. The van der Waals surface area contributed by atoms with Crippen molar-refractivity contribution >= 4 is 0 Å². The Balaban J connectivity index is 1.48. The molecule has 0 fully saturated rings. The van der Waals surface area contributed by atoms with Crippen LogP contribution in [0.15, 0.2) is 40.9 Å². The van der Waals surface area contributed by atoms with E-state index in [0.29, 0.717) is 0 Å². The van der Waals surface area contributed by atoms with E-state index in [1.165, 1.54) is 5.69 Å². The molecular weight excluding hydrogens is 288 g/mol. The molecule has 0 radical (unpaired) electrons. The number of aryl methyl sites for hydroxylation is 1. The Kier molecular flexibility index (Phi) is 3.50. The lowest BCUT2D eigenvalue weighted by Crippen LogP contribution is -2.33. The van der Waals surface area contributed by atoms with E-state index in [1.54, 1.807) is 0 Å². The van der Waals surface area contributed by atoms with Crippen LogP contribution < -0.4 is 0 Å². The molecule has 2 aromatic heterocycles. The molecule has 0 aliphatic carbocycles. The molecule has 118 valence electrons. The summed E-state index contributed by atoms with van der Waals surface area (Å²) in [6, 6.07) is 10.1. The molecule has 5 heteroatoms. The average Bonchev–Trinajstić information content (AvgIpc) is 3.14. The number of aromatic nitrogens is 3. The third-order valence-corrected chi connectivity index (χ3v) is 4.51. The maximum absolute atomic E-state index is 5.91. The van der Waals surface area contributed by atoms with Gasteiger partial charge in [0.2, 0.25) is 5.89 Å². The average molecular weight is 308 g/mol. The highest BCUT2D eigenvalue weighted by atomic mass is 16.4. The van der Waals surface area contributed by atoms with Crippen molar-refractivity contribution < 1.29 is 4.42 Å². The molecule has 0 bridgehead atoms. The summed E-state index contributed by atoms with van der Waals surface area (Å²) in [6.45, 7) is 7.75. The molecule has 1 aliphatic rings. The summed E-state index contributed by atoms with van der Waals surface area (Å²) in [5, 5.41) is 0. The molecule has 0 N–H and O–H groups in total. The summed E-state index contributed by atoms with van der Waals surface area (Å²) in [5.41, 5.74) is 3.47. The van der Waals surface area contributed by atoms with E-state index < -0.39 is 0 Å². The maximum Gasteiger partial charge on any atom is 0.209 e. The molecule has 4 rings (SSSR count). The van der Waals surface area contributed by atoms with E-state index in [0.717, 1.165) is 54.9 Å². The van der Waals surface area contributed by atoms with Crippen molar-refractivity contribution in [2.45, 2.75) is 33.5 Å². The standard InChI is InChI=1S/C18H20N4O/c1-13-14(2)22-9-8-21(11-17(22)20-13)12-18-19-10-16(23-18)15-6-4-3-5-7-15/h3-7,10H,8-9,11-12H2,1-2H3. The molecule has 3 aromatic rings. The first-order chi connectivity index (χ1) is 11.2. The Hall–Kier alpha value is -2.40. The Morgan fingerprint density at radius 1 is 1.13 bits per heavy atom. The van der Waals surface area contributed by atoms with Gasteiger partial charge in [0.1, 0.15) is 5.82 Å². The predicted molar refractivity (Wildman–Crippen MR) is 87.8 cm³/mol. The molecule has 0 amide bonds. The number of fused-ring (bicyclic) bond motifs is 1. The van der Waals surface area contributed by atoms with Gasteiger partial charge in [-0.1, -0.05) is 30.3 Å². The molecular formula is C18H20N4O. The Bertz CT molecular complexity index is 819. The van der Waals surface area contributed by atoms with Crippen LogP contribution in [-0.2, 0) is 19.6 Å². The number of hydrogen-bond acceptors (Lipinski definition) is 4. The van der Waals surface area contributed by atoms with Crippen LogP contribution in [0.3, 0.4) is 0 Å². The lowest BCUT2D eigenvalue weighted by atomic mass is 10.2. The molecule has 0 saturated heterocycles. The van der Waals surface area contributed by atoms with Crippen molar-refractivity contribution in [3.8, 4) is 11.3 Å². The van der Waals surface area contributed by atoms with E-state index in [2.05, 4.69) is 33.3 Å². The van der Waals surface area contributed by atoms with Gasteiger partial charge in [-0.25, -0.2) is 9.97 Å². The second kappa shape index (κ2) is 5.66. The summed E-state index contributed by atoms with van der Waals surface area (Å²) >= 11 is 0. The molecule has 5 nitrogen and oxygen atoms in total. The fourth-order valence-electron chi connectivity index (χ4n) is 3.11. The van der Waals surface area contributed by atoms with Crippen LogP contribution in [0.2, 0.25) is 0 Å². The van der Waals surface area contributed by atoms with Crippen molar-refractivity contribution in [3.63, 3.8) is 0 Å². The van der Waals surface area contributed by atoms with Gasteiger partial charge >= 0.3 is 0 Å². The van der Waals surface area contributed by atoms with Crippen molar-refractivity contribution in [2.75, 3.05) is 6.54 Å². The van der Waals surface area contributed by atoms with Crippen LogP contribution in [0.1, 0.15) is 23.1 Å². The quantitative estimate of drug-likeness (QED) is 0.745. The lowest BCUT2D eigenvalue weighted by molar-refractivity contribution is 0.190. The molecule has 23 heavy (non-hydrogen) atoms. The molecule has 0 saturated carbocycles. The van der Waals surface area contributed by atoms with Crippen molar-refractivity contribution in [3.05, 3.63) is 59.6 Å². The van der Waals surface area contributed by atoms with Crippen molar-refractivity contribution in [2.24, 2.45) is 0 Å². The second-order valence-electron chi connectivity index (χ2n) is 6.05. The topological polar surface area (TPSA) is 47.1 Å². The zero-order valence-corrected chi connectivity index (χ0v) is 13.5. The highest BCUT2D eigenvalue weighted by Gasteiger charge is 2.21. The zero-order valence-electron chi connectivity index (χ0n) is 13.5. The van der Waals surface area contributed by atoms with Crippen molar-refractivity contribution in [1.82, 2.24) is 19.4 Å². The van der Waals surface area contributed by atoms with Gasteiger partial charge < -0.3 is 8.98 Å². The smallest absolute Gasteiger partial charge is 0.209 e. The summed E-state index contributed by atoms with van der Waals surface area (Å²) in [6.07, 6.45) is 1.81. The number of benzene rings is 1. The third-order valence-electron chi connectivity index (χ3n) is 4.51. The fourth-order valence-corrected chi connectivity index (χ4v) is 3.11. The minimum Gasteiger partial charge on any atom is -0.439 e. The second-order valence-corrected chi connectivity index (χ2v) is 6.05. The SMILES string of the molecule is Cc1nc2n(c1C)CCN(Cc1ncc(-c3ccccc3)o1)C2. The van der Waals surface area contributed by atoms with Crippen LogP contribution in [0.5, 0.6) is 0 Å². The number of oxazole rings is 1. The van der Waals surface area contributed by atoms with Crippen LogP contribution >= 0.6 is 0 Å². The normalized spacial score (nSPS) is 14.9. The Labute approximate surface area is 135 Å². The highest BCUT2D eigenvalue weighted by molar-refractivity contribution is 5.55. The van der Waals surface area contributed by atoms with Crippen LogP contribution in [-0.4, -0.2) is 26.0 Å².